The second-order valence-corrected chi connectivity index (χ2v) is 9.42. The summed E-state index contributed by atoms with van der Waals surface area (Å²) >= 11 is 0. The van der Waals surface area contributed by atoms with Crippen LogP contribution in [0.2, 0.25) is 0 Å². The fraction of sp³-hybridized carbons (Fsp3) is 0.476. The zero-order valence-electron chi connectivity index (χ0n) is 17.7. The van der Waals surface area contributed by atoms with Gasteiger partial charge in [-0.3, -0.25) is 4.79 Å². The molecule has 1 amide bonds. The number of amides is 1. The monoisotopic (exact) mass is 436 g/mol. The predicted octanol–water partition coefficient (Wildman–Crippen LogP) is 2.71. The van der Waals surface area contributed by atoms with Crippen LogP contribution in [-0.4, -0.2) is 45.5 Å². The molecule has 8 nitrogen and oxygen atoms in total. The zero-order chi connectivity index (χ0) is 21.9. The molecule has 0 spiro atoms. The Bertz CT molecular complexity index is 999. The van der Waals surface area contributed by atoms with Gasteiger partial charge in [-0.2, -0.15) is 4.72 Å². The lowest BCUT2D eigenvalue weighted by Crippen LogP contribution is -2.49. The first kappa shape index (κ1) is 22.2. The van der Waals surface area contributed by atoms with Gasteiger partial charge in [0.05, 0.1) is 24.7 Å². The highest BCUT2D eigenvalue weighted by Crippen LogP contribution is 2.32. The molecule has 0 fully saturated rings. The smallest absolute Gasteiger partial charge is 0.241 e. The van der Waals surface area contributed by atoms with E-state index < -0.39 is 16.1 Å². The summed E-state index contributed by atoms with van der Waals surface area (Å²) in [5, 5.41) is 0. The van der Waals surface area contributed by atoms with Crippen LogP contribution in [0.25, 0.3) is 0 Å². The molecule has 1 unspecified atom stereocenters. The average Bonchev–Trinajstić information content (AvgIpc) is 2.96. The molecular formula is C21H28N2O6S. The molecule has 0 bridgehead atoms. The van der Waals surface area contributed by atoms with E-state index in [-0.39, 0.29) is 23.3 Å². The highest BCUT2D eigenvalue weighted by molar-refractivity contribution is 7.89. The van der Waals surface area contributed by atoms with Crippen LogP contribution in [0.1, 0.15) is 31.8 Å². The molecule has 2 aromatic rings. The third-order valence-corrected chi connectivity index (χ3v) is 6.25. The van der Waals surface area contributed by atoms with Crippen LogP contribution in [-0.2, 0) is 21.4 Å². The van der Waals surface area contributed by atoms with E-state index >= 15 is 0 Å². The van der Waals surface area contributed by atoms with E-state index in [9.17, 15) is 13.2 Å². The molecule has 9 heteroatoms. The van der Waals surface area contributed by atoms with Crippen molar-refractivity contribution < 1.29 is 27.1 Å². The summed E-state index contributed by atoms with van der Waals surface area (Å²) in [7, 11) is -2.33. The van der Waals surface area contributed by atoms with Crippen LogP contribution in [0.3, 0.4) is 0 Å². The van der Waals surface area contributed by atoms with Gasteiger partial charge < -0.3 is 18.8 Å². The van der Waals surface area contributed by atoms with E-state index in [0.717, 1.165) is 12.2 Å². The van der Waals surface area contributed by atoms with Crippen molar-refractivity contribution >= 4 is 15.9 Å². The van der Waals surface area contributed by atoms with Gasteiger partial charge in [-0.15, -0.1) is 0 Å². The van der Waals surface area contributed by atoms with Crippen molar-refractivity contribution in [1.29, 1.82) is 0 Å². The minimum atomic E-state index is -3.95. The van der Waals surface area contributed by atoms with Gasteiger partial charge in [-0.1, -0.05) is 13.8 Å². The van der Waals surface area contributed by atoms with Gasteiger partial charge in [0.25, 0.3) is 0 Å². The Morgan fingerprint density at radius 1 is 1.13 bits per heavy atom. The molecule has 1 atom stereocenters. The lowest BCUT2D eigenvalue weighted by molar-refractivity contribution is -0.133. The molecule has 0 radical (unpaired) electrons. The molecule has 164 valence electrons. The van der Waals surface area contributed by atoms with Gasteiger partial charge in [0.2, 0.25) is 15.9 Å². The Hall–Kier alpha value is -2.52. The fourth-order valence-corrected chi connectivity index (χ4v) is 4.49. The second-order valence-electron chi connectivity index (χ2n) is 7.71. The molecule has 1 aliphatic rings. The number of sulfonamides is 1. The first-order valence-corrected chi connectivity index (χ1v) is 11.4. The van der Waals surface area contributed by atoms with E-state index in [1.54, 1.807) is 33.0 Å². The number of likely N-dealkylation sites (N-methyl/N-ethyl adjacent to an activating group) is 1. The van der Waals surface area contributed by atoms with Gasteiger partial charge in [0, 0.05) is 19.5 Å². The van der Waals surface area contributed by atoms with E-state index in [1.165, 1.54) is 17.0 Å². The van der Waals surface area contributed by atoms with Crippen molar-refractivity contribution in [1.82, 2.24) is 9.62 Å². The molecule has 1 aromatic heterocycles. The second kappa shape index (κ2) is 9.09. The van der Waals surface area contributed by atoms with Gasteiger partial charge in [0.15, 0.2) is 11.5 Å². The summed E-state index contributed by atoms with van der Waals surface area (Å²) in [4.78, 5) is 14.5. The zero-order valence-corrected chi connectivity index (χ0v) is 18.5. The summed E-state index contributed by atoms with van der Waals surface area (Å²) in [6, 6.07) is 7.15. The minimum Gasteiger partial charge on any atom is -0.490 e. The Morgan fingerprint density at radius 2 is 1.83 bits per heavy atom. The summed E-state index contributed by atoms with van der Waals surface area (Å²) in [5.74, 6) is 1.69. The van der Waals surface area contributed by atoms with Gasteiger partial charge in [0.1, 0.15) is 17.6 Å². The quantitative estimate of drug-likeness (QED) is 0.717. The standard InChI is InChI=1S/C21H28N2O6S/c1-14(2)20(21(24)23(4)13-16-7-6-15(3)29-16)22-30(25,26)17-8-9-18-19(12-17)28-11-5-10-27-18/h6-9,12,14,20,22H,5,10-11,13H2,1-4H3. The van der Waals surface area contributed by atoms with Gasteiger partial charge >= 0.3 is 0 Å². The molecular weight excluding hydrogens is 408 g/mol. The highest BCUT2D eigenvalue weighted by atomic mass is 32.2. The summed E-state index contributed by atoms with van der Waals surface area (Å²) in [6.45, 7) is 6.64. The number of carbonyl (C=O) groups excluding carboxylic acids is 1. The maximum Gasteiger partial charge on any atom is 0.241 e. The van der Waals surface area contributed by atoms with E-state index in [4.69, 9.17) is 13.9 Å². The average molecular weight is 437 g/mol. The molecule has 1 N–H and O–H groups in total. The molecule has 30 heavy (non-hydrogen) atoms. The number of hydrogen-bond donors (Lipinski definition) is 1. The van der Waals surface area contributed by atoms with Crippen LogP contribution in [0.15, 0.2) is 39.6 Å². The predicted molar refractivity (Wildman–Crippen MR) is 111 cm³/mol. The lowest BCUT2D eigenvalue weighted by Gasteiger charge is -2.26. The van der Waals surface area contributed by atoms with Gasteiger partial charge in [-0.05, 0) is 37.1 Å². The number of fused-ring (bicyclic) bond motifs is 1. The van der Waals surface area contributed by atoms with E-state index in [2.05, 4.69) is 4.72 Å². The van der Waals surface area contributed by atoms with Crippen LogP contribution < -0.4 is 14.2 Å². The molecule has 0 saturated heterocycles. The largest absolute Gasteiger partial charge is 0.490 e. The van der Waals surface area contributed by atoms with Crippen molar-refractivity contribution in [2.75, 3.05) is 20.3 Å². The van der Waals surface area contributed by atoms with Crippen molar-refractivity contribution in [3.8, 4) is 11.5 Å². The number of carbonyl (C=O) groups is 1. The molecule has 1 aromatic carbocycles. The van der Waals surface area contributed by atoms with Crippen molar-refractivity contribution in [3.63, 3.8) is 0 Å². The molecule has 1 aliphatic heterocycles. The number of rotatable bonds is 7. The number of aryl methyl sites for hydroxylation is 1. The maximum atomic E-state index is 13.0. The number of benzene rings is 1. The molecule has 0 saturated carbocycles. The van der Waals surface area contributed by atoms with Crippen molar-refractivity contribution in [3.05, 3.63) is 41.9 Å². The van der Waals surface area contributed by atoms with Crippen molar-refractivity contribution in [2.45, 2.75) is 44.7 Å². The summed E-state index contributed by atoms with van der Waals surface area (Å²) < 4.78 is 45.2. The minimum absolute atomic E-state index is 0.0227. The van der Waals surface area contributed by atoms with E-state index in [0.29, 0.717) is 30.5 Å². The Labute approximate surface area is 177 Å². The van der Waals surface area contributed by atoms with E-state index in [1.807, 2.05) is 13.0 Å². The Morgan fingerprint density at radius 3 is 2.47 bits per heavy atom. The fourth-order valence-electron chi connectivity index (χ4n) is 3.14. The van der Waals surface area contributed by atoms with Crippen molar-refractivity contribution in [2.24, 2.45) is 5.92 Å². The third-order valence-electron chi connectivity index (χ3n) is 4.81. The SMILES string of the molecule is Cc1ccc(CN(C)C(=O)C(NS(=O)(=O)c2ccc3c(c2)OCCCO3)C(C)C)o1. The number of nitrogens with zero attached hydrogens (tertiary/aromatic N) is 1. The maximum absolute atomic E-state index is 13.0. The number of nitrogens with one attached hydrogen (secondary N) is 1. The molecule has 3 rings (SSSR count). The van der Waals surface area contributed by atoms with Crippen LogP contribution in [0, 0.1) is 12.8 Å². The topological polar surface area (TPSA) is 98.1 Å². The molecule has 2 heterocycles. The van der Waals surface area contributed by atoms with Crippen LogP contribution >= 0.6 is 0 Å². The third kappa shape index (κ3) is 5.14. The normalized spacial score (nSPS) is 15.0. The number of ether oxygens (including phenoxy) is 2. The number of furan rings is 1. The lowest BCUT2D eigenvalue weighted by atomic mass is 10.0. The van der Waals surface area contributed by atoms with Crippen LogP contribution in [0.5, 0.6) is 11.5 Å². The van der Waals surface area contributed by atoms with Gasteiger partial charge in [-0.25, -0.2) is 8.42 Å². The Balaban J connectivity index is 1.78. The highest BCUT2D eigenvalue weighted by Gasteiger charge is 2.31. The first-order chi connectivity index (χ1) is 14.2. The number of hydrogen-bond acceptors (Lipinski definition) is 6. The molecule has 0 aliphatic carbocycles. The Kier molecular flexibility index (Phi) is 6.72. The summed E-state index contributed by atoms with van der Waals surface area (Å²) in [5.41, 5.74) is 0. The van der Waals surface area contributed by atoms with Crippen LogP contribution in [0.4, 0.5) is 0 Å². The summed E-state index contributed by atoms with van der Waals surface area (Å²) in [6.07, 6.45) is 0.723. The first-order valence-electron chi connectivity index (χ1n) is 9.89.